The van der Waals surface area contributed by atoms with Crippen molar-refractivity contribution in [3.05, 3.63) is 18.0 Å². The number of aromatic amines is 1. The molecule has 0 aliphatic carbocycles. The number of aromatic nitrogens is 2. The van der Waals surface area contributed by atoms with Crippen LogP contribution in [-0.2, 0) is 6.42 Å². The van der Waals surface area contributed by atoms with Gasteiger partial charge in [-0.15, -0.1) is 0 Å². The lowest BCUT2D eigenvalue weighted by molar-refractivity contribution is 0.297. The van der Waals surface area contributed by atoms with Crippen LogP contribution < -0.4 is 15.2 Å². The fourth-order valence-electron chi connectivity index (χ4n) is 2.33. The SMILES string of the molecule is CC(C)(C)C(N)Cc1nc2cc3c(cc2[nH]1)OCCCO3. The van der Waals surface area contributed by atoms with E-state index < -0.39 is 0 Å². The molecule has 0 saturated heterocycles. The van der Waals surface area contributed by atoms with Crippen LogP contribution in [0.1, 0.15) is 33.0 Å². The second-order valence-corrected chi connectivity index (χ2v) is 6.73. The van der Waals surface area contributed by atoms with Crippen molar-refractivity contribution in [1.82, 2.24) is 9.97 Å². The zero-order valence-corrected chi connectivity index (χ0v) is 12.9. The zero-order chi connectivity index (χ0) is 15.0. The number of nitrogens with one attached hydrogen (secondary N) is 1. The van der Waals surface area contributed by atoms with Gasteiger partial charge in [-0.1, -0.05) is 20.8 Å². The molecule has 3 rings (SSSR count). The van der Waals surface area contributed by atoms with Crippen molar-refractivity contribution in [1.29, 1.82) is 0 Å². The highest BCUT2D eigenvalue weighted by atomic mass is 16.5. The summed E-state index contributed by atoms with van der Waals surface area (Å²) >= 11 is 0. The summed E-state index contributed by atoms with van der Waals surface area (Å²) in [6, 6.07) is 3.97. The summed E-state index contributed by atoms with van der Waals surface area (Å²) in [6.07, 6.45) is 1.63. The Morgan fingerprint density at radius 3 is 2.57 bits per heavy atom. The highest BCUT2D eigenvalue weighted by Crippen LogP contribution is 2.33. The summed E-state index contributed by atoms with van der Waals surface area (Å²) in [5.41, 5.74) is 8.16. The van der Waals surface area contributed by atoms with Crippen molar-refractivity contribution >= 4 is 11.0 Å². The van der Waals surface area contributed by atoms with Crippen LogP contribution in [0.2, 0.25) is 0 Å². The van der Waals surface area contributed by atoms with E-state index in [9.17, 15) is 0 Å². The smallest absolute Gasteiger partial charge is 0.163 e. The number of imidazole rings is 1. The summed E-state index contributed by atoms with van der Waals surface area (Å²) in [5, 5.41) is 0. The predicted molar refractivity (Wildman–Crippen MR) is 82.8 cm³/mol. The number of nitrogens with two attached hydrogens (primary N) is 1. The van der Waals surface area contributed by atoms with Gasteiger partial charge < -0.3 is 20.2 Å². The average Bonchev–Trinajstić information content (AvgIpc) is 2.63. The van der Waals surface area contributed by atoms with Crippen molar-refractivity contribution in [2.75, 3.05) is 13.2 Å². The number of H-pyrrole nitrogens is 1. The molecule has 0 amide bonds. The number of hydrogen-bond donors (Lipinski definition) is 2. The Labute approximate surface area is 124 Å². The third-order valence-corrected chi connectivity index (χ3v) is 3.93. The molecular weight excluding hydrogens is 266 g/mol. The Balaban J connectivity index is 1.90. The minimum Gasteiger partial charge on any atom is -0.489 e. The molecule has 1 atom stereocenters. The number of ether oxygens (including phenoxy) is 2. The second kappa shape index (κ2) is 5.22. The summed E-state index contributed by atoms with van der Waals surface area (Å²) in [4.78, 5) is 7.98. The van der Waals surface area contributed by atoms with Crippen LogP contribution in [0.3, 0.4) is 0 Å². The van der Waals surface area contributed by atoms with Gasteiger partial charge in [0.2, 0.25) is 0 Å². The van der Waals surface area contributed by atoms with E-state index >= 15 is 0 Å². The number of nitrogens with zero attached hydrogens (tertiary/aromatic N) is 1. The second-order valence-electron chi connectivity index (χ2n) is 6.73. The van der Waals surface area contributed by atoms with E-state index in [1.165, 1.54) is 0 Å². The van der Waals surface area contributed by atoms with Crippen molar-refractivity contribution in [3.63, 3.8) is 0 Å². The van der Waals surface area contributed by atoms with Gasteiger partial charge in [-0.3, -0.25) is 0 Å². The number of rotatable bonds is 2. The molecule has 0 spiro atoms. The number of benzene rings is 1. The maximum absolute atomic E-state index is 6.24. The van der Waals surface area contributed by atoms with Crippen LogP contribution in [0.15, 0.2) is 12.1 Å². The van der Waals surface area contributed by atoms with Gasteiger partial charge in [-0.25, -0.2) is 4.98 Å². The first kappa shape index (κ1) is 14.2. The molecule has 0 radical (unpaired) electrons. The molecule has 2 heterocycles. The van der Waals surface area contributed by atoms with E-state index in [0.717, 1.165) is 41.2 Å². The molecule has 1 aliphatic heterocycles. The van der Waals surface area contributed by atoms with Gasteiger partial charge >= 0.3 is 0 Å². The van der Waals surface area contributed by atoms with Gasteiger partial charge in [0.1, 0.15) is 5.82 Å². The lowest BCUT2D eigenvalue weighted by Crippen LogP contribution is -2.37. The molecule has 1 aliphatic rings. The molecule has 21 heavy (non-hydrogen) atoms. The lowest BCUT2D eigenvalue weighted by Gasteiger charge is -2.26. The third kappa shape index (κ3) is 2.97. The third-order valence-electron chi connectivity index (χ3n) is 3.93. The van der Waals surface area contributed by atoms with Crippen molar-refractivity contribution in [2.24, 2.45) is 11.1 Å². The van der Waals surface area contributed by atoms with E-state index in [1.54, 1.807) is 0 Å². The first-order valence-corrected chi connectivity index (χ1v) is 7.47. The lowest BCUT2D eigenvalue weighted by atomic mass is 9.85. The maximum Gasteiger partial charge on any atom is 0.163 e. The first-order chi connectivity index (χ1) is 9.93. The molecule has 1 aromatic carbocycles. The fraction of sp³-hybridized carbons (Fsp3) is 0.562. The molecule has 1 aromatic heterocycles. The van der Waals surface area contributed by atoms with E-state index in [0.29, 0.717) is 13.2 Å². The van der Waals surface area contributed by atoms with Crippen LogP contribution in [0.25, 0.3) is 11.0 Å². The molecule has 3 N–H and O–H groups in total. The van der Waals surface area contributed by atoms with Crippen LogP contribution in [-0.4, -0.2) is 29.2 Å². The molecule has 2 aromatic rings. The Kier molecular flexibility index (Phi) is 3.53. The Hall–Kier alpha value is -1.75. The predicted octanol–water partition coefficient (Wildman–Crippen LogP) is 2.64. The largest absolute Gasteiger partial charge is 0.489 e. The average molecular weight is 289 g/mol. The van der Waals surface area contributed by atoms with Gasteiger partial charge in [0.15, 0.2) is 11.5 Å². The molecule has 0 fully saturated rings. The van der Waals surface area contributed by atoms with Crippen molar-refractivity contribution in [3.8, 4) is 11.5 Å². The topological polar surface area (TPSA) is 73.2 Å². The molecule has 1 unspecified atom stereocenters. The summed E-state index contributed by atoms with van der Waals surface area (Å²) in [7, 11) is 0. The molecule has 114 valence electrons. The van der Waals surface area contributed by atoms with Gasteiger partial charge in [0.05, 0.1) is 24.2 Å². The van der Waals surface area contributed by atoms with E-state index in [2.05, 4.69) is 30.7 Å². The zero-order valence-electron chi connectivity index (χ0n) is 12.9. The quantitative estimate of drug-likeness (QED) is 0.891. The summed E-state index contributed by atoms with van der Waals surface area (Å²) < 4.78 is 11.4. The van der Waals surface area contributed by atoms with E-state index in [1.807, 2.05) is 12.1 Å². The highest BCUT2D eigenvalue weighted by Gasteiger charge is 2.22. The Bertz CT molecular complexity index is 600. The van der Waals surface area contributed by atoms with E-state index in [-0.39, 0.29) is 11.5 Å². The summed E-state index contributed by atoms with van der Waals surface area (Å²) in [5.74, 6) is 2.47. The van der Waals surface area contributed by atoms with E-state index in [4.69, 9.17) is 15.2 Å². The van der Waals surface area contributed by atoms with Crippen molar-refractivity contribution in [2.45, 2.75) is 39.7 Å². The van der Waals surface area contributed by atoms with Gasteiger partial charge in [0.25, 0.3) is 0 Å². The fourth-order valence-corrected chi connectivity index (χ4v) is 2.33. The minimum atomic E-state index is 0.0579. The van der Waals surface area contributed by atoms with Gasteiger partial charge in [-0.2, -0.15) is 0 Å². The summed E-state index contributed by atoms with van der Waals surface area (Å²) in [6.45, 7) is 7.80. The number of fused-ring (bicyclic) bond motifs is 2. The van der Waals surface area contributed by atoms with Crippen molar-refractivity contribution < 1.29 is 9.47 Å². The van der Waals surface area contributed by atoms with Crippen LogP contribution in [0, 0.1) is 5.41 Å². The van der Waals surface area contributed by atoms with Crippen LogP contribution in [0.4, 0.5) is 0 Å². The maximum atomic E-state index is 6.24. The Morgan fingerprint density at radius 1 is 1.24 bits per heavy atom. The van der Waals surface area contributed by atoms with Gasteiger partial charge in [-0.05, 0) is 5.41 Å². The molecule has 5 nitrogen and oxygen atoms in total. The first-order valence-electron chi connectivity index (χ1n) is 7.47. The number of hydrogen-bond acceptors (Lipinski definition) is 4. The molecule has 0 bridgehead atoms. The monoisotopic (exact) mass is 289 g/mol. The molecule has 5 heteroatoms. The van der Waals surface area contributed by atoms with Crippen LogP contribution in [0.5, 0.6) is 11.5 Å². The standard InChI is InChI=1S/C16H23N3O2/c1-16(2,3)14(17)9-15-18-10-7-12-13(8-11(10)19-15)21-6-4-5-20-12/h7-8,14H,4-6,9,17H2,1-3H3,(H,18,19). The van der Waals surface area contributed by atoms with Gasteiger partial charge in [0, 0.05) is 31.0 Å². The normalized spacial score (nSPS) is 16.8. The molecular formula is C16H23N3O2. The Morgan fingerprint density at radius 2 is 1.90 bits per heavy atom. The minimum absolute atomic E-state index is 0.0579. The molecule has 0 saturated carbocycles. The van der Waals surface area contributed by atoms with Crippen LogP contribution >= 0.6 is 0 Å². The highest BCUT2D eigenvalue weighted by molar-refractivity contribution is 5.79.